The second-order valence-corrected chi connectivity index (χ2v) is 8.45. The molecule has 0 aliphatic heterocycles. The van der Waals surface area contributed by atoms with Crippen LogP contribution in [0.1, 0.15) is 19.3 Å². The first-order valence-corrected chi connectivity index (χ1v) is 11.8. The number of nitrogens with zero attached hydrogens (tertiary/aromatic N) is 2. The number of nitrogens with one attached hydrogen (secondary N) is 2. The maximum Gasteiger partial charge on any atom is 0.326 e. The van der Waals surface area contributed by atoms with Gasteiger partial charge in [0.15, 0.2) is 0 Å². The van der Waals surface area contributed by atoms with Gasteiger partial charge in [-0.15, -0.1) is 0 Å². The average molecular weight is 512 g/mol. The van der Waals surface area contributed by atoms with Gasteiger partial charge in [-0.3, -0.25) is 19.2 Å². The van der Waals surface area contributed by atoms with Gasteiger partial charge in [0.05, 0.1) is 19.1 Å². The molecule has 0 radical (unpaired) electrons. The lowest BCUT2D eigenvalue weighted by Gasteiger charge is -2.26. The van der Waals surface area contributed by atoms with Gasteiger partial charge in [-0.25, -0.2) is 4.79 Å². The topological polar surface area (TPSA) is 162 Å². The second kappa shape index (κ2) is 16.0. The summed E-state index contributed by atoms with van der Waals surface area (Å²) >= 11 is 12.1. The fourth-order valence-electron chi connectivity index (χ4n) is 2.65. The Balaban J connectivity index is 4.94. The SMILES string of the molecule is CN(CC(=O)N[C@@H](CCS)C(=O)O)C(=O)[C@H](CCS)NC(=O)CN(C)C(=O)[C@@H](N)CCS. The summed E-state index contributed by atoms with van der Waals surface area (Å²) in [5, 5.41) is 14.0. The molecule has 3 atom stereocenters. The van der Waals surface area contributed by atoms with Crippen LogP contribution in [-0.4, -0.2) is 107 Å². The number of likely N-dealkylation sites (N-methyl/N-ethyl adjacent to an activating group) is 2. The van der Waals surface area contributed by atoms with Gasteiger partial charge in [-0.05, 0) is 36.5 Å². The first kappa shape index (κ1) is 30.4. The molecule has 0 aromatic rings. The molecule has 4 amide bonds. The van der Waals surface area contributed by atoms with Crippen molar-refractivity contribution in [3.63, 3.8) is 0 Å². The monoisotopic (exact) mass is 511 g/mol. The Labute approximate surface area is 204 Å². The minimum atomic E-state index is -1.20. The Bertz CT molecular complexity index is 669. The van der Waals surface area contributed by atoms with E-state index in [1.54, 1.807) is 0 Å². The summed E-state index contributed by atoms with van der Waals surface area (Å²) < 4.78 is 0. The lowest BCUT2D eigenvalue weighted by atomic mass is 10.2. The number of carboxylic acids is 1. The van der Waals surface area contributed by atoms with Crippen molar-refractivity contribution in [3.05, 3.63) is 0 Å². The van der Waals surface area contributed by atoms with Crippen LogP contribution in [0, 0.1) is 0 Å². The van der Waals surface area contributed by atoms with Crippen LogP contribution >= 0.6 is 37.9 Å². The molecule has 14 heteroatoms. The zero-order valence-corrected chi connectivity index (χ0v) is 20.9. The number of nitrogens with two attached hydrogens (primary N) is 1. The van der Waals surface area contributed by atoms with Gasteiger partial charge in [0.25, 0.3) is 0 Å². The zero-order valence-electron chi connectivity index (χ0n) is 18.2. The molecule has 0 rings (SSSR count). The molecule has 0 unspecified atom stereocenters. The van der Waals surface area contributed by atoms with Gasteiger partial charge in [0, 0.05) is 14.1 Å². The summed E-state index contributed by atoms with van der Waals surface area (Å²) in [4.78, 5) is 62.7. The quantitative estimate of drug-likeness (QED) is 0.128. The van der Waals surface area contributed by atoms with Crippen molar-refractivity contribution < 1.29 is 29.1 Å². The highest BCUT2D eigenvalue weighted by Crippen LogP contribution is 2.03. The third kappa shape index (κ3) is 11.3. The van der Waals surface area contributed by atoms with Gasteiger partial charge in [-0.1, -0.05) is 0 Å². The highest BCUT2D eigenvalue weighted by molar-refractivity contribution is 7.80. The fraction of sp³-hybridized carbons (Fsp3) is 0.722. The molecule has 5 N–H and O–H groups in total. The van der Waals surface area contributed by atoms with E-state index in [0.717, 1.165) is 9.80 Å². The summed E-state index contributed by atoms with van der Waals surface area (Å²) in [5.74, 6) is -2.44. The van der Waals surface area contributed by atoms with Crippen molar-refractivity contribution in [1.82, 2.24) is 20.4 Å². The smallest absolute Gasteiger partial charge is 0.326 e. The van der Waals surface area contributed by atoms with E-state index in [1.807, 2.05) is 0 Å². The molecule has 32 heavy (non-hydrogen) atoms. The van der Waals surface area contributed by atoms with Gasteiger partial charge in [0.1, 0.15) is 12.1 Å². The molecule has 0 heterocycles. The highest BCUT2D eigenvalue weighted by Gasteiger charge is 2.27. The van der Waals surface area contributed by atoms with Crippen molar-refractivity contribution >= 4 is 67.5 Å². The minimum absolute atomic E-state index is 0.129. The standard InChI is InChI=1S/C18H33N5O6S3/c1-22(16(26)11(19)3-6-30)9-14(24)20-12(4-7-31)17(27)23(2)10-15(25)21-13(5-8-32)18(28)29/h11-13,30-32H,3-10,19H2,1-2H3,(H,20,24)(H,21,25)(H,28,29)/t11-,12-,13-/m0/s1. The second-order valence-electron chi connectivity index (χ2n) is 7.11. The van der Waals surface area contributed by atoms with E-state index in [9.17, 15) is 24.0 Å². The van der Waals surface area contributed by atoms with E-state index in [-0.39, 0.29) is 30.9 Å². The predicted molar refractivity (Wildman–Crippen MR) is 130 cm³/mol. The third-order valence-corrected chi connectivity index (χ3v) is 5.15. The van der Waals surface area contributed by atoms with Crippen LogP contribution in [0.2, 0.25) is 0 Å². The first-order valence-electron chi connectivity index (χ1n) is 9.88. The van der Waals surface area contributed by atoms with Crippen LogP contribution < -0.4 is 16.4 Å². The van der Waals surface area contributed by atoms with Crippen LogP contribution in [0.5, 0.6) is 0 Å². The summed E-state index contributed by atoms with van der Waals surface area (Å²) in [5.41, 5.74) is 5.74. The van der Waals surface area contributed by atoms with Gasteiger partial charge >= 0.3 is 5.97 Å². The molecule has 0 spiro atoms. The van der Waals surface area contributed by atoms with E-state index < -0.39 is 54.3 Å². The summed E-state index contributed by atoms with van der Waals surface area (Å²) in [6, 6.07) is -2.86. The Kier molecular flexibility index (Phi) is 15.2. The van der Waals surface area contributed by atoms with Gasteiger partial charge < -0.3 is 31.3 Å². The van der Waals surface area contributed by atoms with E-state index in [0.29, 0.717) is 12.2 Å². The molecule has 0 saturated carbocycles. The van der Waals surface area contributed by atoms with Crippen LogP contribution in [0.3, 0.4) is 0 Å². The lowest BCUT2D eigenvalue weighted by Crippen LogP contribution is -2.53. The normalized spacial score (nSPS) is 13.4. The molecule has 0 aromatic carbocycles. The number of carboxylic acid groups (broad SMARTS) is 1. The number of thiol groups is 3. The van der Waals surface area contributed by atoms with Gasteiger partial charge in [-0.2, -0.15) is 37.9 Å². The fourth-order valence-corrected chi connectivity index (χ4v) is 3.45. The largest absolute Gasteiger partial charge is 0.480 e. The van der Waals surface area contributed by atoms with E-state index in [2.05, 4.69) is 48.5 Å². The predicted octanol–water partition coefficient (Wildman–Crippen LogP) is -1.76. The zero-order chi connectivity index (χ0) is 24.8. The summed E-state index contributed by atoms with van der Waals surface area (Å²) in [6.07, 6.45) is 0.677. The lowest BCUT2D eigenvalue weighted by molar-refractivity contribution is -0.143. The number of hydrogen-bond acceptors (Lipinski definition) is 9. The van der Waals surface area contributed by atoms with Crippen LogP contribution in [-0.2, 0) is 24.0 Å². The maximum atomic E-state index is 12.7. The van der Waals surface area contributed by atoms with Gasteiger partial charge in [0.2, 0.25) is 23.6 Å². The number of aliphatic carboxylic acids is 1. The van der Waals surface area contributed by atoms with Crippen LogP contribution in [0.25, 0.3) is 0 Å². The average Bonchev–Trinajstić information content (AvgIpc) is 2.71. The molecule has 0 fully saturated rings. The van der Waals surface area contributed by atoms with Crippen molar-refractivity contribution in [2.75, 3.05) is 44.4 Å². The Morgan fingerprint density at radius 1 is 0.781 bits per heavy atom. The number of hydrogen-bond donors (Lipinski definition) is 7. The number of carbonyl (C=O) groups is 5. The van der Waals surface area contributed by atoms with E-state index >= 15 is 0 Å². The van der Waals surface area contributed by atoms with E-state index in [1.165, 1.54) is 14.1 Å². The molecule has 0 aliphatic rings. The molecular weight excluding hydrogens is 478 g/mol. The van der Waals surface area contributed by atoms with Crippen molar-refractivity contribution in [2.45, 2.75) is 37.4 Å². The number of rotatable bonds is 15. The Hall–Kier alpha value is -1.64. The molecule has 0 bridgehead atoms. The van der Waals surface area contributed by atoms with E-state index in [4.69, 9.17) is 10.8 Å². The van der Waals surface area contributed by atoms with Crippen LogP contribution in [0.15, 0.2) is 0 Å². The highest BCUT2D eigenvalue weighted by atomic mass is 32.1. The first-order chi connectivity index (χ1) is 15.0. The molecule has 0 aliphatic carbocycles. The molecular formula is C18H33N5O6S3. The number of amides is 4. The molecule has 0 saturated heterocycles. The Morgan fingerprint density at radius 3 is 1.62 bits per heavy atom. The number of carbonyl (C=O) groups excluding carboxylic acids is 4. The van der Waals surface area contributed by atoms with Crippen molar-refractivity contribution in [3.8, 4) is 0 Å². The third-order valence-electron chi connectivity index (χ3n) is 4.37. The molecule has 184 valence electrons. The maximum absolute atomic E-state index is 12.7. The minimum Gasteiger partial charge on any atom is -0.480 e. The summed E-state index contributed by atoms with van der Waals surface area (Å²) in [6.45, 7) is -0.700. The van der Waals surface area contributed by atoms with Crippen LogP contribution in [0.4, 0.5) is 0 Å². The molecule has 0 aromatic heterocycles. The summed E-state index contributed by atoms with van der Waals surface area (Å²) in [7, 11) is 2.79. The Morgan fingerprint density at radius 2 is 1.19 bits per heavy atom. The molecule has 11 nitrogen and oxygen atoms in total. The van der Waals surface area contributed by atoms with Crippen molar-refractivity contribution in [2.24, 2.45) is 5.73 Å². The van der Waals surface area contributed by atoms with Crippen molar-refractivity contribution in [1.29, 1.82) is 0 Å².